The molecule has 0 radical (unpaired) electrons. The minimum absolute atomic E-state index is 0.135. The number of fused-ring (bicyclic) bond motifs is 1. The maximum Gasteiger partial charge on any atom is 0.171 e. The Morgan fingerprint density at radius 3 is 2.89 bits per heavy atom. The molecule has 5 heteroatoms. The molecule has 1 aliphatic heterocycles. The van der Waals surface area contributed by atoms with Crippen molar-refractivity contribution in [1.82, 2.24) is 4.98 Å². The lowest BCUT2D eigenvalue weighted by atomic mass is 10.1. The number of hydrogen-bond acceptors (Lipinski definition) is 3. The average molecular weight is 262 g/mol. The summed E-state index contributed by atoms with van der Waals surface area (Å²) in [6.07, 6.45) is 2.17. The topological polar surface area (TPSA) is 36.4 Å². The van der Waals surface area contributed by atoms with Crippen LogP contribution < -0.4 is 4.90 Å². The number of aliphatic hydroxyl groups excluding tert-OH is 1. The third-order valence-corrected chi connectivity index (χ3v) is 3.32. The third-order valence-electron chi connectivity index (χ3n) is 3.32. The SMILES string of the molecule is OCc1ccnc(N2CCc3ccc(F)cc32)c1F. The minimum atomic E-state index is -0.554. The number of anilines is 2. The highest BCUT2D eigenvalue weighted by Crippen LogP contribution is 2.35. The first-order valence-corrected chi connectivity index (χ1v) is 6.01. The largest absolute Gasteiger partial charge is 0.392 e. The summed E-state index contributed by atoms with van der Waals surface area (Å²) >= 11 is 0. The van der Waals surface area contributed by atoms with Gasteiger partial charge in [0.25, 0.3) is 0 Å². The highest BCUT2D eigenvalue weighted by molar-refractivity contribution is 5.68. The van der Waals surface area contributed by atoms with Gasteiger partial charge in [-0.05, 0) is 30.2 Å². The van der Waals surface area contributed by atoms with E-state index in [0.717, 1.165) is 12.0 Å². The fourth-order valence-electron chi connectivity index (χ4n) is 2.35. The maximum atomic E-state index is 14.2. The molecular formula is C14H12F2N2O. The standard InChI is InChI=1S/C14H12F2N2O/c15-11-2-1-9-4-6-18(12(9)7-11)14-13(16)10(8-19)3-5-17-14/h1-3,5,7,19H,4,6,8H2. The summed E-state index contributed by atoms with van der Waals surface area (Å²) < 4.78 is 27.5. The molecule has 3 rings (SSSR count). The Hall–Kier alpha value is -2.01. The van der Waals surface area contributed by atoms with Crippen molar-refractivity contribution in [1.29, 1.82) is 0 Å². The summed E-state index contributed by atoms with van der Waals surface area (Å²) in [6.45, 7) is 0.169. The van der Waals surface area contributed by atoms with E-state index in [9.17, 15) is 8.78 Å². The van der Waals surface area contributed by atoms with Crippen LogP contribution in [0.15, 0.2) is 30.5 Å². The normalized spacial score (nSPS) is 13.7. The predicted molar refractivity (Wildman–Crippen MR) is 67.2 cm³/mol. The molecule has 0 spiro atoms. The van der Waals surface area contributed by atoms with Gasteiger partial charge in [0.05, 0.1) is 6.61 Å². The van der Waals surface area contributed by atoms with Crippen LogP contribution in [0.25, 0.3) is 0 Å². The fourth-order valence-corrected chi connectivity index (χ4v) is 2.35. The summed E-state index contributed by atoms with van der Waals surface area (Å²) in [5.74, 6) is -0.776. The molecule has 98 valence electrons. The molecule has 3 nitrogen and oxygen atoms in total. The van der Waals surface area contributed by atoms with Crippen LogP contribution in [-0.4, -0.2) is 16.6 Å². The van der Waals surface area contributed by atoms with E-state index < -0.39 is 5.82 Å². The molecule has 1 aromatic carbocycles. The molecule has 1 aromatic heterocycles. The van der Waals surface area contributed by atoms with Gasteiger partial charge in [-0.1, -0.05) is 6.07 Å². The summed E-state index contributed by atoms with van der Waals surface area (Å²) in [5.41, 5.74) is 1.80. The Labute approximate surface area is 109 Å². The molecule has 1 N–H and O–H groups in total. The van der Waals surface area contributed by atoms with E-state index in [4.69, 9.17) is 5.11 Å². The van der Waals surface area contributed by atoms with Gasteiger partial charge in [-0.15, -0.1) is 0 Å². The average Bonchev–Trinajstić information content (AvgIpc) is 2.82. The van der Waals surface area contributed by atoms with Gasteiger partial charge in [-0.2, -0.15) is 0 Å². The smallest absolute Gasteiger partial charge is 0.171 e. The van der Waals surface area contributed by atoms with Crippen molar-refractivity contribution in [3.8, 4) is 0 Å². The molecule has 0 unspecified atom stereocenters. The molecule has 0 fully saturated rings. The van der Waals surface area contributed by atoms with E-state index in [0.29, 0.717) is 12.2 Å². The third kappa shape index (κ3) is 1.96. The number of halogens is 2. The van der Waals surface area contributed by atoms with E-state index in [1.54, 1.807) is 11.0 Å². The first kappa shape index (κ1) is 12.0. The zero-order valence-corrected chi connectivity index (χ0v) is 10.1. The van der Waals surface area contributed by atoms with Crippen LogP contribution in [0.4, 0.5) is 20.3 Å². The van der Waals surface area contributed by atoms with E-state index in [1.165, 1.54) is 24.4 Å². The van der Waals surface area contributed by atoms with Crippen LogP contribution in [0.2, 0.25) is 0 Å². The highest BCUT2D eigenvalue weighted by Gasteiger charge is 2.25. The van der Waals surface area contributed by atoms with Crippen LogP contribution in [0.1, 0.15) is 11.1 Å². The zero-order chi connectivity index (χ0) is 13.4. The Kier molecular flexibility index (Phi) is 2.91. The van der Waals surface area contributed by atoms with E-state index >= 15 is 0 Å². The summed E-state index contributed by atoms with van der Waals surface area (Å²) in [4.78, 5) is 5.66. The quantitative estimate of drug-likeness (QED) is 0.903. The Morgan fingerprint density at radius 1 is 1.26 bits per heavy atom. The molecular weight excluding hydrogens is 250 g/mol. The van der Waals surface area contributed by atoms with Gasteiger partial charge in [0, 0.05) is 24.0 Å². The highest BCUT2D eigenvalue weighted by atomic mass is 19.1. The Morgan fingerprint density at radius 2 is 2.11 bits per heavy atom. The number of pyridine rings is 1. The van der Waals surface area contributed by atoms with Gasteiger partial charge in [0.1, 0.15) is 5.82 Å². The van der Waals surface area contributed by atoms with Gasteiger partial charge >= 0.3 is 0 Å². The van der Waals surface area contributed by atoms with Gasteiger partial charge in [0.2, 0.25) is 0 Å². The lowest BCUT2D eigenvalue weighted by Gasteiger charge is -2.19. The molecule has 0 bridgehead atoms. The van der Waals surface area contributed by atoms with Crippen LogP contribution in [0.5, 0.6) is 0 Å². The predicted octanol–water partition coefficient (Wildman–Crippen LogP) is 2.55. The van der Waals surface area contributed by atoms with Crippen molar-refractivity contribution < 1.29 is 13.9 Å². The van der Waals surface area contributed by atoms with E-state index in [2.05, 4.69) is 4.98 Å². The van der Waals surface area contributed by atoms with Crippen molar-refractivity contribution in [2.24, 2.45) is 0 Å². The van der Waals surface area contributed by atoms with Gasteiger partial charge in [-0.3, -0.25) is 0 Å². The summed E-state index contributed by atoms with van der Waals surface area (Å²) in [5, 5.41) is 9.08. The van der Waals surface area contributed by atoms with Crippen molar-refractivity contribution in [3.05, 3.63) is 53.2 Å². The summed E-state index contributed by atoms with van der Waals surface area (Å²) in [6, 6.07) is 5.92. The molecule has 0 saturated carbocycles. The molecule has 2 aromatic rings. The van der Waals surface area contributed by atoms with E-state index in [1.807, 2.05) is 0 Å². The van der Waals surface area contributed by atoms with Crippen LogP contribution >= 0.6 is 0 Å². The van der Waals surface area contributed by atoms with Gasteiger partial charge in [-0.25, -0.2) is 13.8 Å². The Bertz CT molecular complexity index is 631. The van der Waals surface area contributed by atoms with Crippen LogP contribution in [0.3, 0.4) is 0 Å². The number of nitrogens with zero attached hydrogens (tertiary/aromatic N) is 2. The van der Waals surface area contributed by atoms with Gasteiger partial charge < -0.3 is 10.0 Å². The number of rotatable bonds is 2. The molecule has 2 heterocycles. The lowest BCUT2D eigenvalue weighted by Crippen LogP contribution is -2.17. The number of hydrogen-bond donors (Lipinski definition) is 1. The van der Waals surface area contributed by atoms with E-state index in [-0.39, 0.29) is 23.8 Å². The van der Waals surface area contributed by atoms with Crippen molar-refractivity contribution >= 4 is 11.5 Å². The first-order chi connectivity index (χ1) is 9.20. The molecule has 0 amide bonds. The minimum Gasteiger partial charge on any atom is -0.392 e. The lowest BCUT2D eigenvalue weighted by molar-refractivity contribution is 0.275. The number of aliphatic hydroxyl groups is 1. The second-order valence-corrected chi connectivity index (χ2v) is 4.44. The van der Waals surface area contributed by atoms with Crippen molar-refractivity contribution in [2.45, 2.75) is 13.0 Å². The monoisotopic (exact) mass is 262 g/mol. The van der Waals surface area contributed by atoms with Crippen LogP contribution in [0, 0.1) is 11.6 Å². The second-order valence-electron chi connectivity index (χ2n) is 4.44. The molecule has 1 aliphatic rings. The first-order valence-electron chi connectivity index (χ1n) is 6.01. The maximum absolute atomic E-state index is 14.2. The summed E-state index contributed by atoms with van der Waals surface area (Å²) in [7, 11) is 0. The molecule has 19 heavy (non-hydrogen) atoms. The fraction of sp³-hybridized carbons (Fsp3) is 0.214. The molecule has 0 saturated heterocycles. The van der Waals surface area contributed by atoms with Crippen molar-refractivity contribution in [3.63, 3.8) is 0 Å². The second kappa shape index (κ2) is 4.59. The van der Waals surface area contributed by atoms with Gasteiger partial charge in [0.15, 0.2) is 11.6 Å². The Balaban J connectivity index is 2.09. The number of benzene rings is 1. The number of aromatic nitrogens is 1. The zero-order valence-electron chi connectivity index (χ0n) is 10.1. The molecule has 0 atom stereocenters. The van der Waals surface area contributed by atoms with Crippen LogP contribution in [-0.2, 0) is 13.0 Å². The molecule has 0 aliphatic carbocycles. The van der Waals surface area contributed by atoms with Crippen molar-refractivity contribution in [2.75, 3.05) is 11.4 Å².